The molecule has 0 radical (unpaired) electrons. The van der Waals surface area contributed by atoms with E-state index in [-0.39, 0.29) is 0 Å². The first kappa shape index (κ1) is 12.3. The van der Waals surface area contributed by atoms with Crippen molar-refractivity contribution in [2.45, 2.75) is 30.5 Å². The normalized spacial score (nSPS) is 10.5. The fourth-order valence-electron chi connectivity index (χ4n) is 1.19. The lowest BCUT2D eigenvalue weighted by Gasteiger charge is -2.06. The van der Waals surface area contributed by atoms with Crippen molar-refractivity contribution in [1.29, 1.82) is 0 Å². The summed E-state index contributed by atoms with van der Waals surface area (Å²) in [5, 5.41) is 1.97. The van der Waals surface area contributed by atoms with Gasteiger partial charge in [0.05, 0.1) is 0 Å². The average molecular weight is 267 g/mol. The van der Waals surface area contributed by atoms with Crippen LogP contribution in [0, 0.1) is 6.92 Å². The summed E-state index contributed by atoms with van der Waals surface area (Å²) in [5.74, 6) is 0.735. The van der Waals surface area contributed by atoms with Crippen molar-refractivity contribution in [3.05, 3.63) is 35.0 Å². The monoisotopic (exact) mass is 266 g/mol. The van der Waals surface area contributed by atoms with Crippen molar-refractivity contribution < 1.29 is 0 Å². The van der Waals surface area contributed by atoms with Crippen LogP contribution in [-0.2, 0) is 6.42 Å². The second-order valence-electron chi connectivity index (χ2n) is 3.35. The van der Waals surface area contributed by atoms with Crippen molar-refractivity contribution in [1.82, 2.24) is 19.9 Å². The minimum Gasteiger partial charge on any atom is -0.231 e. The maximum absolute atomic E-state index is 6.06. The molecule has 0 unspecified atom stereocenters. The Labute approximate surface area is 109 Å². The van der Waals surface area contributed by atoms with Gasteiger partial charge in [0, 0.05) is 24.4 Å². The molecule has 88 valence electrons. The van der Waals surface area contributed by atoms with E-state index < -0.39 is 0 Å². The molecule has 0 bridgehead atoms. The van der Waals surface area contributed by atoms with E-state index in [2.05, 4.69) is 19.9 Å². The molecule has 0 saturated heterocycles. The summed E-state index contributed by atoms with van der Waals surface area (Å²) in [6, 6.07) is 1.78. The first-order valence-electron chi connectivity index (χ1n) is 5.18. The van der Waals surface area contributed by atoms with Crippen LogP contribution in [0.1, 0.15) is 18.3 Å². The molecule has 2 rings (SSSR count). The molecule has 0 fully saturated rings. The molecule has 0 atom stereocenters. The average Bonchev–Trinajstić information content (AvgIpc) is 2.36. The third-order valence-corrected chi connectivity index (χ3v) is 3.49. The number of hydrogen-bond acceptors (Lipinski definition) is 5. The van der Waals surface area contributed by atoms with Crippen LogP contribution >= 0.6 is 23.4 Å². The van der Waals surface area contributed by atoms with Crippen LogP contribution in [0.25, 0.3) is 0 Å². The Hall–Kier alpha value is -1.20. The van der Waals surface area contributed by atoms with Gasteiger partial charge in [-0.25, -0.2) is 19.9 Å². The maximum Gasteiger partial charge on any atom is 0.193 e. The van der Waals surface area contributed by atoms with Gasteiger partial charge in [-0.3, -0.25) is 0 Å². The SMILES string of the molecule is CCc1nc(Cl)c(C)c(Sc2ncccn2)n1. The molecule has 0 spiro atoms. The number of halogens is 1. The standard InChI is InChI=1S/C11H11ClN4S/c1-3-8-15-9(12)7(2)10(16-8)17-11-13-5-4-6-14-11/h4-6H,3H2,1-2H3. The summed E-state index contributed by atoms with van der Waals surface area (Å²) in [6.07, 6.45) is 4.16. The van der Waals surface area contributed by atoms with E-state index in [4.69, 9.17) is 11.6 Å². The number of rotatable bonds is 3. The van der Waals surface area contributed by atoms with E-state index in [0.29, 0.717) is 10.3 Å². The lowest BCUT2D eigenvalue weighted by atomic mass is 10.3. The van der Waals surface area contributed by atoms with Gasteiger partial charge < -0.3 is 0 Å². The lowest BCUT2D eigenvalue weighted by Crippen LogP contribution is -1.99. The summed E-state index contributed by atoms with van der Waals surface area (Å²) in [7, 11) is 0. The highest BCUT2D eigenvalue weighted by Gasteiger charge is 2.11. The van der Waals surface area contributed by atoms with Crippen LogP contribution in [0.4, 0.5) is 0 Å². The maximum atomic E-state index is 6.06. The number of nitrogens with zero attached hydrogens (tertiary/aromatic N) is 4. The predicted molar refractivity (Wildman–Crippen MR) is 67.3 cm³/mol. The molecule has 0 aromatic carbocycles. The minimum atomic E-state index is 0.496. The Morgan fingerprint density at radius 1 is 1.24 bits per heavy atom. The van der Waals surface area contributed by atoms with E-state index in [9.17, 15) is 0 Å². The van der Waals surface area contributed by atoms with Gasteiger partial charge in [0.25, 0.3) is 0 Å². The van der Waals surface area contributed by atoms with Crippen LogP contribution in [0.5, 0.6) is 0 Å². The molecule has 17 heavy (non-hydrogen) atoms. The molecule has 6 heteroatoms. The van der Waals surface area contributed by atoms with E-state index in [0.717, 1.165) is 22.8 Å². The van der Waals surface area contributed by atoms with Gasteiger partial charge in [-0.05, 0) is 24.8 Å². The van der Waals surface area contributed by atoms with Gasteiger partial charge in [-0.15, -0.1) is 0 Å². The molecule has 2 heterocycles. The van der Waals surface area contributed by atoms with Crippen molar-refractivity contribution in [2.24, 2.45) is 0 Å². The van der Waals surface area contributed by atoms with Gasteiger partial charge >= 0.3 is 0 Å². The van der Waals surface area contributed by atoms with Crippen LogP contribution < -0.4 is 0 Å². The van der Waals surface area contributed by atoms with E-state index in [1.807, 2.05) is 13.8 Å². The molecule has 0 amide bonds. The Kier molecular flexibility index (Phi) is 3.91. The van der Waals surface area contributed by atoms with Crippen molar-refractivity contribution in [3.63, 3.8) is 0 Å². The smallest absolute Gasteiger partial charge is 0.193 e. The van der Waals surface area contributed by atoms with Crippen LogP contribution in [-0.4, -0.2) is 19.9 Å². The summed E-state index contributed by atoms with van der Waals surface area (Å²) in [6.45, 7) is 3.89. The molecule has 0 saturated carbocycles. The second kappa shape index (κ2) is 5.42. The first-order valence-corrected chi connectivity index (χ1v) is 6.38. The number of aryl methyl sites for hydroxylation is 1. The highest BCUT2D eigenvalue weighted by Crippen LogP contribution is 2.28. The highest BCUT2D eigenvalue weighted by atomic mass is 35.5. The summed E-state index contributed by atoms with van der Waals surface area (Å²) < 4.78 is 0. The van der Waals surface area contributed by atoms with Crippen LogP contribution in [0.2, 0.25) is 5.15 Å². The molecule has 2 aromatic heterocycles. The van der Waals surface area contributed by atoms with Gasteiger partial charge in [0.1, 0.15) is 16.0 Å². The van der Waals surface area contributed by atoms with Gasteiger partial charge in [0.2, 0.25) is 0 Å². The van der Waals surface area contributed by atoms with Gasteiger partial charge in [-0.2, -0.15) is 0 Å². The van der Waals surface area contributed by atoms with Crippen molar-refractivity contribution in [2.75, 3.05) is 0 Å². The fraction of sp³-hybridized carbons (Fsp3) is 0.273. The van der Waals surface area contributed by atoms with E-state index in [1.165, 1.54) is 11.8 Å². The number of hydrogen-bond donors (Lipinski definition) is 0. The molecule has 4 nitrogen and oxygen atoms in total. The third-order valence-electron chi connectivity index (χ3n) is 2.13. The zero-order valence-corrected chi connectivity index (χ0v) is 11.1. The molecular formula is C11H11ClN4S. The van der Waals surface area contributed by atoms with Gasteiger partial charge in [0.15, 0.2) is 5.16 Å². The van der Waals surface area contributed by atoms with E-state index >= 15 is 0 Å². The first-order chi connectivity index (χ1) is 8.20. The molecular weight excluding hydrogens is 256 g/mol. The molecule has 0 aliphatic rings. The molecule has 0 aliphatic heterocycles. The largest absolute Gasteiger partial charge is 0.231 e. The molecule has 0 aliphatic carbocycles. The Balaban J connectivity index is 2.35. The lowest BCUT2D eigenvalue weighted by molar-refractivity contribution is 0.866. The fourth-order valence-corrected chi connectivity index (χ4v) is 2.24. The zero-order chi connectivity index (χ0) is 12.3. The predicted octanol–water partition coefficient (Wildman–Crippen LogP) is 2.94. The van der Waals surface area contributed by atoms with Crippen LogP contribution in [0.3, 0.4) is 0 Å². The third kappa shape index (κ3) is 2.92. The molecule has 2 aromatic rings. The summed E-state index contributed by atoms with van der Waals surface area (Å²) in [4.78, 5) is 16.9. The van der Waals surface area contributed by atoms with Crippen molar-refractivity contribution in [3.8, 4) is 0 Å². The Morgan fingerprint density at radius 2 is 1.94 bits per heavy atom. The summed E-state index contributed by atoms with van der Waals surface area (Å²) >= 11 is 7.46. The second-order valence-corrected chi connectivity index (χ2v) is 4.66. The minimum absolute atomic E-state index is 0.496. The van der Waals surface area contributed by atoms with Crippen molar-refractivity contribution >= 4 is 23.4 Å². The Morgan fingerprint density at radius 3 is 2.59 bits per heavy atom. The van der Waals surface area contributed by atoms with E-state index in [1.54, 1.807) is 18.5 Å². The van der Waals surface area contributed by atoms with Gasteiger partial charge in [-0.1, -0.05) is 18.5 Å². The number of aromatic nitrogens is 4. The Bertz CT molecular complexity index is 518. The van der Waals surface area contributed by atoms with Crippen LogP contribution in [0.15, 0.2) is 28.6 Å². The zero-order valence-electron chi connectivity index (χ0n) is 9.51. The summed E-state index contributed by atoms with van der Waals surface area (Å²) in [5.41, 5.74) is 0.862. The quantitative estimate of drug-likeness (QED) is 0.631. The highest BCUT2D eigenvalue weighted by molar-refractivity contribution is 7.99. The molecule has 0 N–H and O–H groups in total. The topological polar surface area (TPSA) is 51.6 Å².